The number of aromatic nitrogens is 3. The number of fused-ring (bicyclic) bond motifs is 2. The molecule has 128 valence electrons. The Bertz CT molecular complexity index is 883. The number of nitrogens with zero attached hydrogens (tertiary/aromatic N) is 3. The molecule has 0 bridgehead atoms. The van der Waals surface area contributed by atoms with E-state index in [2.05, 4.69) is 14.8 Å². The second-order valence-electron chi connectivity index (χ2n) is 5.58. The number of halogens is 1. The van der Waals surface area contributed by atoms with Crippen LogP contribution in [0.3, 0.4) is 0 Å². The molecule has 0 fully saturated rings. The van der Waals surface area contributed by atoms with Crippen LogP contribution in [-0.2, 0) is 16.6 Å². The van der Waals surface area contributed by atoms with Gasteiger partial charge in [-0.3, -0.25) is 0 Å². The average Bonchev–Trinajstić information content (AvgIpc) is 3.03. The van der Waals surface area contributed by atoms with Crippen LogP contribution >= 0.6 is 11.6 Å². The van der Waals surface area contributed by atoms with Crippen molar-refractivity contribution >= 4 is 21.6 Å². The summed E-state index contributed by atoms with van der Waals surface area (Å²) >= 11 is 6.15. The molecule has 0 saturated heterocycles. The summed E-state index contributed by atoms with van der Waals surface area (Å²) in [5, 5.41) is 4.18. The zero-order valence-corrected chi connectivity index (χ0v) is 14.2. The molecule has 1 aromatic heterocycles. The summed E-state index contributed by atoms with van der Waals surface area (Å²) in [7, 11) is -3.84. The fourth-order valence-corrected chi connectivity index (χ4v) is 4.66. The average molecular weight is 371 g/mol. The maximum Gasteiger partial charge on any atom is 0.242 e. The fraction of sp³-hybridized carbons (Fsp3) is 0.429. The standard InChI is InChI=1S/C14H15ClN4O4S/c15-9-6-11-12(23-5-4-22-11)7-13(9)24(20,21)18-10-2-1-3-19-14(10)16-8-17-19/h6-8,10,18H,1-5H2/t10-/m0/s1. The highest BCUT2D eigenvalue weighted by Gasteiger charge is 2.30. The van der Waals surface area contributed by atoms with Crippen LogP contribution in [0.4, 0.5) is 0 Å². The lowest BCUT2D eigenvalue weighted by Gasteiger charge is -2.24. The van der Waals surface area contributed by atoms with Gasteiger partial charge >= 0.3 is 0 Å². The predicted octanol–water partition coefficient (Wildman–Crippen LogP) is 1.52. The van der Waals surface area contributed by atoms with Crippen LogP contribution < -0.4 is 14.2 Å². The van der Waals surface area contributed by atoms with Crippen molar-refractivity contribution in [3.8, 4) is 11.5 Å². The lowest BCUT2D eigenvalue weighted by molar-refractivity contribution is 0.171. The van der Waals surface area contributed by atoms with Crippen LogP contribution in [0.15, 0.2) is 23.4 Å². The Morgan fingerprint density at radius 3 is 2.79 bits per heavy atom. The highest BCUT2D eigenvalue weighted by molar-refractivity contribution is 7.89. The van der Waals surface area contributed by atoms with Crippen LogP contribution in [0.2, 0.25) is 5.02 Å². The summed E-state index contributed by atoms with van der Waals surface area (Å²) in [4.78, 5) is 4.12. The van der Waals surface area contributed by atoms with E-state index < -0.39 is 16.1 Å². The molecule has 8 nitrogen and oxygen atoms in total. The van der Waals surface area contributed by atoms with Crippen LogP contribution in [0.25, 0.3) is 0 Å². The first-order valence-corrected chi connectivity index (χ1v) is 9.40. The van der Waals surface area contributed by atoms with Crippen LogP contribution in [-0.4, -0.2) is 36.4 Å². The van der Waals surface area contributed by atoms with Gasteiger partial charge < -0.3 is 9.47 Å². The summed E-state index contributed by atoms with van der Waals surface area (Å²) in [5.74, 6) is 1.43. The zero-order valence-electron chi connectivity index (χ0n) is 12.6. The molecule has 1 N–H and O–H groups in total. The zero-order chi connectivity index (χ0) is 16.7. The molecule has 24 heavy (non-hydrogen) atoms. The van der Waals surface area contributed by atoms with E-state index in [0.717, 1.165) is 13.0 Å². The van der Waals surface area contributed by atoms with Gasteiger partial charge in [-0.15, -0.1) is 0 Å². The maximum atomic E-state index is 12.8. The van der Waals surface area contributed by atoms with E-state index in [1.165, 1.54) is 18.5 Å². The Kier molecular flexibility index (Phi) is 3.86. The largest absolute Gasteiger partial charge is 0.486 e. The number of rotatable bonds is 3. The molecule has 2 aliphatic rings. The van der Waals surface area contributed by atoms with Crippen molar-refractivity contribution in [3.05, 3.63) is 29.3 Å². The minimum atomic E-state index is -3.84. The first-order valence-electron chi connectivity index (χ1n) is 7.54. The summed E-state index contributed by atoms with van der Waals surface area (Å²) < 4.78 is 40.8. The summed E-state index contributed by atoms with van der Waals surface area (Å²) in [5.41, 5.74) is 0. The third-order valence-corrected chi connectivity index (χ3v) is 5.94. The number of hydrogen-bond donors (Lipinski definition) is 1. The number of benzene rings is 1. The highest BCUT2D eigenvalue weighted by Crippen LogP contribution is 2.37. The number of nitrogens with one attached hydrogen (secondary N) is 1. The Labute approximate surface area is 143 Å². The first-order chi connectivity index (χ1) is 11.5. The van der Waals surface area contributed by atoms with Crippen molar-refractivity contribution in [3.63, 3.8) is 0 Å². The molecule has 1 aromatic carbocycles. The molecular weight excluding hydrogens is 356 g/mol. The Balaban J connectivity index is 1.67. The van der Waals surface area contributed by atoms with E-state index in [0.29, 0.717) is 37.0 Å². The minimum Gasteiger partial charge on any atom is -0.486 e. The van der Waals surface area contributed by atoms with Gasteiger partial charge in [-0.1, -0.05) is 11.6 Å². The molecule has 2 aliphatic heterocycles. The highest BCUT2D eigenvalue weighted by atomic mass is 35.5. The second kappa shape index (κ2) is 5.91. The Morgan fingerprint density at radius 2 is 2.00 bits per heavy atom. The van der Waals surface area contributed by atoms with Crippen LogP contribution in [0, 0.1) is 0 Å². The van der Waals surface area contributed by atoms with E-state index in [9.17, 15) is 8.42 Å². The molecule has 3 heterocycles. The number of hydrogen-bond acceptors (Lipinski definition) is 6. The van der Waals surface area contributed by atoms with Crippen LogP contribution in [0.5, 0.6) is 11.5 Å². The summed E-state index contributed by atoms with van der Waals surface area (Å²) in [6, 6.07) is 2.43. The SMILES string of the molecule is O=S(=O)(N[C@H]1CCCn2ncnc21)c1cc2c(cc1Cl)OCCO2. The first kappa shape index (κ1) is 15.7. The molecule has 4 rings (SSSR count). The molecule has 2 aromatic rings. The topological polar surface area (TPSA) is 95.3 Å². The molecule has 0 saturated carbocycles. The van der Waals surface area contributed by atoms with Crippen LogP contribution in [0.1, 0.15) is 24.7 Å². The van der Waals surface area contributed by atoms with E-state index >= 15 is 0 Å². The van der Waals surface area contributed by atoms with Gasteiger partial charge in [0.1, 0.15) is 30.3 Å². The van der Waals surface area contributed by atoms with Gasteiger partial charge in [-0.05, 0) is 12.8 Å². The van der Waals surface area contributed by atoms with Gasteiger partial charge in [0.25, 0.3) is 0 Å². The molecule has 0 spiro atoms. The molecule has 0 aliphatic carbocycles. The third-order valence-electron chi connectivity index (χ3n) is 4.00. The summed E-state index contributed by atoms with van der Waals surface area (Å²) in [6.45, 7) is 1.51. The van der Waals surface area contributed by atoms with E-state index in [4.69, 9.17) is 21.1 Å². The van der Waals surface area contributed by atoms with Crippen molar-refractivity contribution in [2.75, 3.05) is 13.2 Å². The quantitative estimate of drug-likeness (QED) is 0.880. The van der Waals surface area contributed by atoms with Crippen molar-refractivity contribution in [2.45, 2.75) is 30.3 Å². The van der Waals surface area contributed by atoms with E-state index in [-0.39, 0.29) is 9.92 Å². The molecule has 1 atom stereocenters. The third kappa shape index (κ3) is 2.72. The van der Waals surface area contributed by atoms with E-state index in [1.54, 1.807) is 4.68 Å². The molecule has 0 radical (unpaired) electrons. The minimum absolute atomic E-state index is 0.0370. The van der Waals surface area contributed by atoms with Crippen molar-refractivity contribution in [1.29, 1.82) is 0 Å². The number of sulfonamides is 1. The lowest BCUT2D eigenvalue weighted by Crippen LogP contribution is -2.33. The predicted molar refractivity (Wildman–Crippen MR) is 84.8 cm³/mol. The smallest absolute Gasteiger partial charge is 0.242 e. The van der Waals surface area contributed by atoms with Gasteiger partial charge in [0.2, 0.25) is 10.0 Å². The summed E-state index contributed by atoms with van der Waals surface area (Å²) in [6.07, 6.45) is 2.90. The lowest BCUT2D eigenvalue weighted by atomic mass is 10.1. The van der Waals surface area contributed by atoms with Gasteiger partial charge in [0.15, 0.2) is 11.5 Å². The number of ether oxygens (including phenoxy) is 2. The maximum absolute atomic E-state index is 12.8. The fourth-order valence-electron chi connectivity index (χ4n) is 2.90. The molecular formula is C14H15ClN4O4S. The van der Waals surface area contributed by atoms with Crippen molar-refractivity contribution < 1.29 is 17.9 Å². The Morgan fingerprint density at radius 1 is 1.25 bits per heavy atom. The van der Waals surface area contributed by atoms with Gasteiger partial charge in [0, 0.05) is 18.7 Å². The second-order valence-corrected chi connectivity index (χ2v) is 7.67. The molecule has 10 heteroatoms. The van der Waals surface area contributed by atoms with Gasteiger partial charge in [0.05, 0.1) is 11.1 Å². The van der Waals surface area contributed by atoms with E-state index in [1.807, 2.05) is 0 Å². The normalized spacial score (nSPS) is 19.8. The van der Waals surface area contributed by atoms with Gasteiger partial charge in [-0.25, -0.2) is 22.8 Å². The van der Waals surface area contributed by atoms with Crippen molar-refractivity contribution in [1.82, 2.24) is 19.5 Å². The van der Waals surface area contributed by atoms with Crippen molar-refractivity contribution in [2.24, 2.45) is 0 Å². The monoisotopic (exact) mass is 370 g/mol. The Hall–Kier alpha value is -1.84. The number of aryl methyl sites for hydroxylation is 1. The van der Waals surface area contributed by atoms with Gasteiger partial charge in [-0.2, -0.15) is 5.10 Å². The molecule has 0 amide bonds. The molecule has 0 unspecified atom stereocenters.